The van der Waals surface area contributed by atoms with Crippen molar-refractivity contribution in [1.82, 2.24) is 19.4 Å². The number of aromatic nitrogens is 4. The number of fused-ring (bicyclic) bond motifs is 1. The van der Waals surface area contributed by atoms with Crippen LogP contribution < -0.4 is 24.2 Å². The number of nitrogens with zero attached hydrogens (tertiary/aromatic N) is 7. The number of imidazole rings is 1. The van der Waals surface area contributed by atoms with Crippen LogP contribution in [0.2, 0.25) is 5.02 Å². The van der Waals surface area contributed by atoms with Gasteiger partial charge in [-0.15, -0.1) is 0 Å². The van der Waals surface area contributed by atoms with E-state index in [0.717, 1.165) is 80.0 Å². The second-order valence-electron chi connectivity index (χ2n) is 9.94. The van der Waals surface area contributed by atoms with Crippen molar-refractivity contribution in [3.05, 3.63) is 53.9 Å². The first-order valence-corrected chi connectivity index (χ1v) is 13.5. The summed E-state index contributed by atoms with van der Waals surface area (Å²) in [5, 5.41) is 9.98. The molecule has 2 saturated heterocycles. The molecule has 6 rings (SSSR count). The minimum atomic E-state index is 0.216. The molecule has 0 amide bonds. The Kier molecular flexibility index (Phi) is 7.05. The summed E-state index contributed by atoms with van der Waals surface area (Å²) >= 11 is 6.40. The van der Waals surface area contributed by atoms with Gasteiger partial charge in [-0.3, -0.25) is 0 Å². The molecule has 39 heavy (non-hydrogen) atoms. The van der Waals surface area contributed by atoms with Crippen LogP contribution >= 0.6 is 11.6 Å². The smallest absolute Gasteiger partial charge is 0.227 e. The summed E-state index contributed by atoms with van der Waals surface area (Å²) < 4.78 is 12.9. The highest BCUT2D eigenvalue weighted by atomic mass is 35.5. The Morgan fingerprint density at radius 3 is 2.49 bits per heavy atom. The maximum atomic E-state index is 9.47. The molecule has 0 spiro atoms. The molecule has 3 aromatic heterocycles. The Morgan fingerprint density at radius 1 is 0.949 bits per heavy atom. The van der Waals surface area contributed by atoms with E-state index in [4.69, 9.17) is 31.0 Å². The van der Waals surface area contributed by atoms with Gasteiger partial charge in [0.2, 0.25) is 5.95 Å². The number of aliphatic hydroxyl groups is 1. The molecule has 1 unspecified atom stereocenters. The summed E-state index contributed by atoms with van der Waals surface area (Å²) in [5.41, 5.74) is 3.58. The lowest BCUT2D eigenvalue weighted by Crippen LogP contribution is -2.47. The number of piperazine rings is 1. The lowest BCUT2D eigenvalue weighted by Gasteiger charge is -2.36. The molecule has 0 aliphatic carbocycles. The van der Waals surface area contributed by atoms with Gasteiger partial charge in [0.15, 0.2) is 0 Å². The number of hydrogen-bond donors (Lipinski definition) is 1. The normalized spacial score (nSPS) is 17.7. The molecule has 0 saturated carbocycles. The van der Waals surface area contributed by atoms with Gasteiger partial charge in [0.25, 0.3) is 0 Å². The fourth-order valence-electron chi connectivity index (χ4n) is 5.38. The number of pyridine rings is 1. The van der Waals surface area contributed by atoms with Crippen LogP contribution in [0.5, 0.6) is 11.5 Å². The van der Waals surface area contributed by atoms with E-state index in [1.54, 1.807) is 20.3 Å². The van der Waals surface area contributed by atoms with Gasteiger partial charge in [-0.1, -0.05) is 11.6 Å². The monoisotopic (exact) mass is 549 g/mol. The van der Waals surface area contributed by atoms with Gasteiger partial charge in [0.1, 0.15) is 23.0 Å². The van der Waals surface area contributed by atoms with E-state index in [-0.39, 0.29) is 6.61 Å². The average molecular weight is 550 g/mol. The third-order valence-corrected chi connectivity index (χ3v) is 7.91. The van der Waals surface area contributed by atoms with Crippen LogP contribution in [-0.2, 0) is 0 Å². The van der Waals surface area contributed by atoms with Crippen LogP contribution in [0.3, 0.4) is 0 Å². The van der Waals surface area contributed by atoms with Crippen molar-refractivity contribution in [2.75, 3.05) is 74.8 Å². The molecule has 11 heteroatoms. The number of methoxy groups -OCH3 is 2. The zero-order valence-corrected chi connectivity index (χ0v) is 22.9. The van der Waals surface area contributed by atoms with E-state index in [0.29, 0.717) is 22.4 Å². The highest BCUT2D eigenvalue weighted by molar-refractivity contribution is 6.32. The van der Waals surface area contributed by atoms with E-state index in [2.05, 4.69) is 31.8 Å². The summed E-state index contributed by atoms with van der Waals surface area (Å²) in [6.07, 6.45) is 6.84. The largest absolute Gasteiger partial charge is 0.496 e. The molecule has 2 aliphatic rings. The average Bonchev–Trinajstić information content (AvgIpc) is 3.64. The highest BCUT2D eigenvalue weighted by Crippen LogP contribution is 2.38. The highest BCUT2D eigenvalue weighted by Gasteiger charge is 2.25. The standard InChI is InChI=1S/C28H32ClN7O3/c1-38-24-15-25(39-2)22(29)14-21(24)23-17-35-8-5-20(13-27(35)31-23)33-9-11-34(12-10-33)26-3-6-30-28(32-26)36-7-4-19(16-36)18-37/h3,5-6,8,13-15,17,19,37H,4,7,9-12,16,18H2,1-2H3. The number of benzene rings is 1. The maximum Gasteiger partial charge on any atom is 0.227 e. The first-order valence-electron chi connectivity index (χ1n) is 13.2. The summed E-state index contributed by atoms with van der Waals surface area (Å²) in [6, 6.07) is 9.83. The molecule has 10 nitrogen and oxygen atoms in total. The molecular formula is C28H32ClN7O3. The van der Waals surface area contributed by atoms with E-state index in [9.17, 15) is 5.11 Å². The molecule has 1 aromatic carbocycles. The first-order chi connectivity index (χ1) is 19.1. The van der Waals surface area contributed by atoms with Gasteiger partial charge >= 0.3 is 0 Å². The van der Waals surface area contributed by atoms with Gasteiger partial charge in [-0.05, 0) is 24.6 Å². The summed E-state index contributed by atoms with van der Waals surface area (Å²) in [4.78, 5) is 21.1. The van der Waals surface area contributed by atoms with E-state index in [1.807, 2.05) is 35.1 Å². The zero-order chi connectivity index (χ0) is 26.9. The number of halogens is 1. The van der Waals surface area contributed by atoms with Gasteiger partial charge in [-0.25, -0.2) is 9.97 Å². The fourth-order valence-corrected chi connectivity index (χ4v) is 5.62. The Bertz CT molecular complexity index is 1470. The zero-order valence-electron chi connectivity index (χ0n) is 22.1. The number of anilines is 3. The van der Waals surface area contributed by atoms with Crippen molar-refractivity contribution >= 4 is 34.7 Å². The van der Waals surface area contributed by atoms with Crippen molar-refractivity contribution in [2.45, 2.75) is 6.42 Å². The van der Waals surface area contributed by atoms with Gasteiger partial charge in [-0.2, -0.15) is 4.98 Å². The predicted molar refractivity (Wildman–Crippen MR) is 153 cm³/mol. The Hall–Kier alpha value is -3.76. The lowest BCUT2D eigenvalue weighted by atomic mass is 10.1. The van der Waals surface area contributed by atoms with Crippen molar-refractivity contribution < 1.29 is 14.6 Å². The number of aliphatic hydroxyl groups excluding tert-OH is 1. The van der Waals surface area contributed by atoms with Crippen molar-refractivity contribution in [3.63, 3.8) is 0 Å². The Balaban J connectivity index is 1.16. The number of ether oxygens (including phenoxy) is 2. The molecule has 5 heterocycles. The van der Waals surface area contributed by atoms with Gasteiger partial charge in [0.05, 0.1) is 24.9 Å². The van der Waals surface area contributed by atoms with Crippen LogP contribution in [0.4, 0.5) is 17.5 Å². The lowest BCUT2D eigenvalue weighted by molar-refractivity contribution is 0.238. The predicted octanol–water partition coefficient (Wildman–Crippen LogP) is 3.61. The van der Waals surface area contributed by atoms with Crippen molar-refractivity contribution in [1.29, 1.82) is 0 Å². The molecule has 2 aliphatic heterocycles. The second kappa shape index (κ2) is 10.8. The molecule has 0 radical (unpaired) electrons. The van der Waals surface area contributed by atoms with Crippen LogP contribution in [0, 0.1) is 5.92 Å². The third-order valence-electron chi connectivity index (χ3n) is 7.62. The summed E-state index contributed by atoms with van der Waals surface area (Å²) in [5.74, 6) is 3.22. The molecular weight excluding hydrogens is 518 g/mol. The topological polar surface area (TPSA) is 91.5 Å². The second-order valence-corrected chi connectivity index (χ2v) is 10.3. The summed E-state index contributed by atoms with van der Waals surface area (Å²) in [7, 11) is 3.21. The van der Waals surface area contributed by atoms with Gasteiger partial charge < -0.3 is 33.7 Å². The fraction of sp³-hybridized carbons (Fsp3) is 0.393. The molecule has 1 N–H and O–H groups in total. The third kappa shape index (κ3) is 5.02. The van der Waals surface area contributed by atoms with Crippen LogP contribution in [0.25, 0.3) is 16.9 Å². The first kappa shape index (κ1) is 25.5. The number of rotatable bonds is 7. The maximum absolute atomic E-state index is 9.47. The van der Waals surface area contributed by atoms with Gasteiger partial charge in [0, 0.05) is 93.8 Å². The van der Waals surface area contributed by atoms with Crippen molar-refractivity contribution in [3.8, 4) is 22.8 Å². The Morgan fingerprint density at radius 2 is 1.74 bits per heavy atom. The molecule has 2 fully saturated rings. The van der Waals surface area contributed by atoms with E-state index >= 15 is 0 Å². The van der Waals surface area contributed by atoms with Crippen molar-refractivity contribution in [2.24, 2.45) is 5.92 Å². The van der Waals surface area contributed by atoms with Crippen LogP contribution in [0.1, 0.15) is 6.42 Å². The molecule has 4 aromatic rings. The van der Waals surface area contributed by atoms with E-state index < -0.39 is 0 Å². The molecule has 1 atom stereocenters. The van der Waals surface area contributed by atoms with E-state index in [1.165, 1.54) is 0 Å². The molecule has 0 bridgehead atoms. The quantitative estimate of drug-likeness (QED) is 0.371. The van der Waals surface area contributed by atoms with Crippen LogP contribution in [-0.4, -0.2) is 84.6 Å². The molecule has 204 valence electrons. The minimum Gasteiger partial charge on any atom is -0.496 e. The SMILES string of the molecule is COc1cc(OC)c(-c2cn3ccc(N4CCN(c5ccnc(N6CCC(CO)C6)n5)CC4)cc3n2)cc1Cl. The Labute approximate surface area is 232 Å². The summed E-state index contributed by atoms with van der Waals surface area (Å²) in [6.45, 7) is 5.39. The number of hydrogen-bond acceptors (Lipinski definition) is 9. The minimum absolute atomic E-state index is 0.216. The van der Waals surface area contributed by atoms with Crippen LogP contribution in [0.15, 0.2) is 48.9 Å².